The van der Waals surface area contributed by atoms with E-state index in [1.54, 1.807) is 41.1 Å². The van der Waals surface area contributed by atoms with Crippen LogP contribution in [-0.4, -0.2) is 26.5 Å². The highest BCUT2D eigenvalue weighted by molar-refractivity contribution is 5.83. The number of carbonyl (C=O) groups is 1. The van der Waals surface area contributed by atoms with Gasteiger partial charge in [-0.05, 0) is 18.2 Å². The molecule has 1 N–H and O–H groups in total. The van der Waals surface area contributed by atoms with Crippen LogP contribution in [0.5, 0.6) is 0 Å². The van der Waals surface area contributed by atoms with E-state index in [4.69, 9.17) is 0 Å². The van der Waals surface area contributed by atoms with Crippen LogP contribution in [0.1, 0.15) is 11.3 Å². The number of nitrogens with one attached hydrogen (secondary N) is 1. The van der Waals surface area contributed by atoms with Crippen molar-refractivity contribution in [3.05, 3.63) is 98.3 Å². The summed E-state index contributed by atoms with van der Waals surface area (Å²) in [5.41, 5.74) is 3.58. The van der Waals surface area contributed by atoms with Crippen LogP contribution in [-0.2, 0) is 11.2 Å². The van der Waals surface area contributed by atoms with Crippen molar-refractivity contribution >= 4 is 23.5 Å². The highest BCUT2D eigenvalue weighted by atomic mass is 16.6. The van der Waals surface area contributed by atoms with Gasteiger partial charge in [0.2, 0.25) is 5.91 Å². The smallest absolute Gasteiger partial charge is 0.273 e. The molecular weight excluding hydrogens is 378 g/mol. The maximum absolute atomic E-state index is 12.1. The molecule has 0 spiro atoms. The van der Waals surface area contributed by atoms with Gasteiger partial charge in [0, 0.05) is 30.0 Å². The lowest BCUT2D eigenvalue weighted by atomic mass is 10.1. The molecule has 0 atom stereocenters. The standard InChI is InChI=1S/C19H15N5O5/c25-19(11-14-5-1-2-9-18(14)24(28)29)21-20-13-17-8-4-10-22(17)15-6-3-7-16(12-15)23(26)27/h1-10,12-13H,11H2,(H,21,25). The van der Waals surface area contributed by atoms with Gasteiger partial charge in [-0.1, -0.05) is 24.3 Å². The second-order valence-electron chi connectivity index (χ2n) is 5.94. The van der Waals surface area contributed by atoms with Crippen LogP contribution in [0, 0.1) is 20.2 Å². The van der Waals surface area contributed by atoms with Gasteiger partial charge in [0.1, 0.15) is 0 Å². The summed E-state index contributed by atoms with van der Waals surface area (Å²) in [5.74, 6) is -0.510. The quantitative estimate of drug-likeness (QED) is 0.374. The summed E-state index contributed by atoms with van der Waals surface area (Å²) >= 11 is 0. The number of benzene rings is 2. The molecule has 0 aliphatic heterocycles. The first-order chi connectivity index (χ1) is 14.0. The lowest BCUT2D eigenvalue weighted by Crippen LogP contribution is -2.20. The van der Waals surface area contributed by atoms with E-state index >= 15 is 0 Å². The molecular formula is C19H15N5O5. The summed E-state index contributed by atoms with van der Waals surface area (Å²) < 4.78 is 1.67. The number of hydrogen-bond acceptors (Lipinski definition) is 6. The van der Waals surface area contributed by atoms with E-state index in [9.17, 15) is 25.0 Å². The molecule has 2 aromatic carbocycles. The van der Waals surface area contributed by atoms with Crippen LogP contribution in [0.4, 0.5) is 11.4 Å². The van der Waals surface area contributed by atoms with Crippen molar-refractivity contribution in [2.24, 2.45) is 5.10 Å². The average molecular weight is 393 g/mol. The Bertz CT molecular complexity index is 1110. The fourth-order valence-electron chi connectivity index (χ4n) is 2.71. The van der Waals surface area contributed by atoms with E-state index in [1.807, 2.05) is 0 Å². The normalized spacial score (nSPS) is 10.8. The monoisotopic (exact) mass is 393 g/mol. The van der Waals surface area contributed by atoms with Crippen molar-refractivity contribution < 1.29 is 14.6 Å². The molecule has 0 unspecified atom stereocenters. The molecule has 146 valence electrons. The Labute approximate surface area is 164 Å². The van der Waals surface area contributed by atoms with Gasteiger partial charge in [0.25, 0.3) is 11.4 Å². The van der Waals surface area contributed by atoms with Gasteiger partial charge < -0.3 is 4.57 Å². The number of hydrogen-bond donors (Lipinski definition) is 1. The van der Waals surface area contributed by atoms with Gasteiger partial charge in [-0.3, -0.25) is 25.0 Å². The first-order valence-electron chi connectivity index (χ1n) is 8.42. The van der Waals surface area contributed by atoms with Crippen molar-refractivity contribution in [3.8, 4) is 5.69 Å². The maximum Gasteiger partial charge on any atom is 0.273 e. The number of nitrogens with zero attached hydrogens (tertiary/aromatic N) is 4. The molecule has 3 aromatic rings. The number of nitro groups is 2. The highest BCUT2D eigenvalue weighted by Crippen LogP contribution is 2.19. The second kappa shape index (κ2) is 8.57. The molecule has 0 saturated carbocycles. The zero-order valence-corrected chi connectivity index (χ0v) is 15.0. The molecule has 29 heavy (non-hydrogen) atoms. The first kappa shape index (κ1) is 19.4. The van der Waals surface area contributed by atoms with Crippen molar-refractivity contribution in [3.63, 3.8) is 0 Å². The Balaban J connectivity index is 1.70. The molecule has 0 aliphatic carbocycles. The Morgan fingerprint density at radius 1 is 1.03 bits per heavy atom. The Morgan fingerprint density at radius 3 is 2.59 bits per heavy atom. The third-order valence-electron chi connectivity index (χ3n) is 4.02. The Kier molecular flexibility index (Phi) is 5.74. The molecule has 3 rings (SSSR count). The van der Waals surface area contributed by atoms with Gasteiger partial charge in [0.05, 0.1) is 33.9 Å². The fourth-order valence-corrected chi connectivity index (χ4v) is 2.71. The predicted octanol–water partition coefficient (Wildman–Crippen LogP) is 2.99. The van der Waals surface area contributed by atoms with Gasteiger partial charge >= 0.3 is 0 Å². The minimum atomic E-state index is -0.544. The lowest BCUT2D eigenvalue weighted by Gasteiger charge is -2.06. The molecule has 10 nitrogen and oxygen atoms in total. The minimum Gasteiger partial charge on any atom is -0.315 e. The van der Waals surface area contributed by atoms with Crippen LogP contribution in [0.25, 0.3) is 5.69 Å². The number of hydrazone groups is 1. The molecule has 1 heterocycles. The number of amides is 1. The first-order valence-corrected chi connectivity index (χ1v) is 8.42. The maximum atomic E-state index is 12.1. The average Bonchev–Trinajstić information content (AvgIpc) is 3.17. The minimum absolute atomic E-state index is 0.0446. The largest absolute Gasteiger partial charge is 0.315 e. The van der Waals surface area contributed by atoms with Crippen molar-refractivity contribution in [2.75, 3.05) is 0 Å². The summed E-state index contributed by atoms with van der Waals surface area (Å²) in [6.07, 6.45) is 2.89. The summed E-state index contributed by atoms with van der Waals surface area (Å²) in [7, 11) is 0. The van der Waals surface area contributed by atoms with E-state index in [2.05, 4.69) is 10.5 Å². The molecule has 0 bridgehead atoms. The third kappa shape index (κ3) is 4.69. The van der Waals surface area contributed by atoms with E-state index in [0.717, 1.165) is 0 Å². The van der Waals surface area contributed by atoms with E-state index in [1.165, 1.54) is 36.5 Å². The third-order valence-corrected chi connectivity index (χ3v) is 4.02. The SMILES string of the molecule is O=C(Cc1ccccc1[N+](=O)[O-])NN=Cc1cccn1-c1cccc([N+](=O)[O-])c1. The number of nitro benzene ring substituents is 2. The molecule has 1 amide bonds. The number of aromatic nitrogens is 1. The molecule has 0 aliphatic rings. The van der Waals surface area contributed by atoms with Crippen molar-refractivity contribution in [1.82, 2.24) is 9.99 Å². The van der Waals surface area contributed by atoms with Gasteiger partial charge in [-0.25, -0.2) is 5.43 Å². The van der Waals surface area contributed by atoms with Crippen LogP contribution in [0.2, 0.25) is 0 Å². The zero-order valence-electron chi connectivity index (χ0n) is 15.0. The van der Waals surface area contributed by atoms with Crippen LogP contribution in [0.15, 0.2) is 72.0 Å². The molecule has 1 aromatic heterocycles. The van der Waals surface area contributed by atoms with Crippen LogP contribution >= 0.6 is 0 Å². The Hall–Kier alpha value is -4.34. The molecule has 0 fully saturated rings. The number of non-ortho nitro benzene ring substituents is 1. The van der Waals surface area contributed by atoms with Crippen molar-refractivity contribution in [2.45, 2.75) is 6.42 Å². The summed E-state index contributed by atoms with van der Waals surface area (Å²) in [6, 6.07) is 15.5. The van der Waals surface area contributed by atoms with Crippen LogP contribution < -0.4 is 5.43 Å². The summed E-state index contributed by atoms with van der Waals surface area (Å²) in [4.78, 5) is 33.0. The van der Waals surface area contributed by atoms with Gasteiger partial charge in [-0.15, -0.1) is 0 Å². The molecule has 10 heteroatoms. The summed E-state index contributed by atoms with van der Waals surface area (Å²) in [5, 5.41) is 25.8. The number of carbonyl (C=O) groups excluding carboxylic acids is 1. The lowest BCUT2D eigenvalue weighted by molar-refractivity contribution is -0.385. The summed E-state index contributed by atoms with van der Waals surface area (Å²) in [6.45, 7) is 0. The van der Waals surface area contributed by atoms with E-state index in [0.29, 0.717) is 11.4 Å². The van der Waals surface area contributed by atoms with Crippen LogP contribution in [0.3, 0.4) is 0 Å². The van der Waals surface area contributed by atoms with Gasteiger partial charge in [-0.2, -0.15) is 5.10 Å². The molecule has 0 radical (unpaired) electrons. The number of rotatable bonds is 7. The predicted molar refractivity (Wildman–Crippen MR) is 105 cm³/mol. The number of para-hydroxylation sites is 1. The fraction of sp³-hybridized carbons (Fsp3) is 0.0526. The second-order valence-corrected chi connectivity index (χ2v) is 5.94. The van der Waals surface area contributed by atoms with E-state index < -0.39 is 15.8 Å². The molecule has 0 saturated heterocycles. The van der Waals surface area contributed by atoms with Crippen molar-refractivity contribution in [1.29, 1.82) is 0 Å². The topological polar surface area (TPSA) is 133 Å². The highest BCUT2D eigenvalue weighted by Gasteiger charge is 2.15. The van der Waals surface area contributed by atoms with Gasteiger partial charge in [0.15, 0.2) is 0 Å². The zero-order chi connectivity index (χ0) is 20.8. The Morgan fingerprint density at radius 2 is 1.83 bits per heavy atom. The van der Waals surface area contributed by atoms with E-state index in [-0.39, 0.29) is 23.4 Å².